The fourth-order valence-corrected chi connectivity index (χ4v) is 2.96. The number of nitrogens with one attached hydrogen (secondary N) is 1. The number of piperidine rings is 1. The predicted molar refractivity (Wildman–Crippen MR) is 68.7 cm³/mol. The van der Waals surface area contributed by atoms with Crippen LogP contribution in [0, 0.1) is 6.92 Å². The van der Waals surface area contributed by atoms with Crippen LogP contribution < -0.4 is 10.1 Å². The van der Waals surface area contributed by atoms with Crippen LogP contribution in [0.2, 0.25) is 0 Å². The number of fused-ring (bicyclic) bond motifs is 1. The Balaban J connectivity index is 1.88. The highest BCUT2D eigenvalue weighted by molar-refractivity contribution is 7.18. The molecule has 2 aromatic heterocycles. The van der Waals surface area contributed by atoms with Gasteiger partial charge >= 0.3 is 0 Å². The molecule has 5 heteroatoms. The Hall–Kier alpha value is -1.20. The molecule has 0 bridgehead atoms. The maximum atomic E-state index is 6.00. The molecule has 1 saturated heterocycles. The van der Waals surface area contributed by atoms with E-state index in [1.54, 1.807) is 17.7 Å². The molecule has 17 heavy (non-hydrogen) atoms. The minimum Gasteiger partial charge on any atom is -0.474 e. The van der Waals surface area contributed by atoms with E-state index in [2.05, 4.69) is 28.3 Å². The van der Waals surface area contributed by atoms with Gasteiger partial charge in [0.05, 0.1) is 5.39 Å². The molecule has 0 unspecified atom stereocenters. The first-order chi connectivity index (χ1) is 8.33. The Morgan fingerprint density at radius 1 is 1.35 bits per heavy atom. The number of hydrogen-bond acceptors (Lipinski definition) is 5. The van der Waals surface area contributed by atoms with E-state index in [4.69, 9.17) is 4.74 Å². The maximum absolute atomic E-state index is 6.00. The fourth-order valence-electron chi connectivity index (χ4n) is 2.12. The second kappa shape index (κ2) is 4.58. The third-order valence-corrected chi connectivity index (χ3v) is 3.94. The first kappa shape index (κ1) is 10.9. The normalized spacial score (nSPS) is 17.5. The standard InChI is InChI=1S/C12H15N3OS/c1-8-6-10-11(14-7-15-12(10)17-8)16-9-2-4-13-5-3-9/h6-7,9,13H,2-5H2,1H3. The zero-order valence-corrected chi connectivity index (χ0v) is 10.6. The Labute approximate surface area is 104 Å². The van der Waals surface area contributed by atoms with Crippen molar-refractivity contribution in [3.05, 3.63) is 17.3 Å². The van der Waals surface area contributed by atoms with E-state index in [0.29, 0.717) is 0 Å². The third-order valence-electron chi connectivity index (χ3n) is 2.98. The van der Waals surface area contributed by atoms with E-state index in [0.717, 1.165) is 42.0 Å². The van der Waals surface area contributed by atoms with E-state index < -0.39 is 0 Å². The van der Waals surface area contributed by atoms with Crippen LogP contribution in [-0.4, -0.2) is 29.2 Å². The predicted octanol–water partition coefficient (Wildman–Crippen LogP) is 2.13. The van der Waals surface area contributed by atoms with E-state index in [-0.39, 0.29) is 6.10 Å². The molecule has 90 valence electrons. The van der Waals surface area contributed by atoms with Gasteiger partial charge in [0.1, 0.15) is 17.3 Å². The van der Waals surface area contributed by atoms with Gasteiger partial charge in [0.15, 0.2) is 0 Å². The lowest BCUT2D eigenvalue weighted by molar-refractivity contribution is 0.158. The van der Waals surface area contributed by atoms with Crippen molar-refractivity contribution < 1.29 is 4.74 Å². The molecule has 0 atom stereocenters. The molecular weight excluding hydrogens is 234 g/mol. The number of nitrogens with zero attached hydrogens (tertiary/aromatic N) is 2. The minimum absolute atomic E-state index is 0.287. The number of ether oxygens (including phenoxy) is 1. The van der Waals surface area contributed by atoms with Crippen molar-refractivity contribution in [1.29, 1.82) is 0 Å². The first-order valence-corrected chi connectivity index (χ1v) is 6.73. The summed E-state index contributed by atoms with van der Waals surface area (Å²) in [7, 11) is 0. The molecule has 3 heterocycles. The number of thiophene rings is 1. The lowest BCUT2D eigenvalue weighted by atomic mass is 10.1. The number of hydrogen-bond donors (Lipinski definition) is 1. The van der Waals surface area contributed by atoms with Crippen LogP contribution in [0.3, 0.4) is 0 Å². The number of rotatable bonds is 2. The molecule has 0 saturated carbocycles. The summed E-state index contributed by atoms with van der Waals surface area (Å²) in [6, 6.07) is 2.11. The fraction of sp³-hybridized carbons (Fsp3) is 0.500. The summed E-state index contributed by atoms with van der Waals surface area (Å²) in [5.41, 5.74) is 0. The van der Waals surface area contributed by atoms with Crippen molar-refractivity contribution in [2.24, 2.45) is 0 Å². The summed E-state index contributed by atoms with van der Waals surface area (Å²) < 4.78 is 6.00. The van der Waals surface area contributed by atoms with Crippen molar-refractivity contribution in [2.75, 3.05) is 13.1 Å². The second-order valence-corrected chi connectivity index (χ2v) is 5.56. The Morgan fingerprint density at radius 3 is 3.00 bits per heavy atom. The van der Waals surface area contributed by atoms with E-state index >= 15 is 0 Å². The minimum atomic E-state index is 0.287. The van der Waals surface area contributed by atoms with Gasteiger partial charge in [-0.15, -0.1) is 11.3 Å². The highest BCUT2D eigenvalue weighted by Gasteiger charge is 2.17. The smallest absolute Gasteiger partial charge is 0.225 e. The molecule has 1 N–H and O–H groups in total. The SMILES string of the molecule is Cc1cc2c(OC3CCNCC3)ncnc2s1. The summed E-state index contributed by atoms with van der Waals surface area (Å²) in [6.07, 6.45) is 3.98. The van der Waals surface area contributed by atoms with E-state index in [1.807, 2.05) is 0 Å². The van der Waals surface area contributed by atoms with Crippen LogP contribution >= 0.6 is 11.3 Å². The van der Waals surface area contributed by atoms with Gasteiger partial charge in [0.2, 0.25) is 5.88 Å². The van der Waals surface area contributed by atoms with Gasteiger partial charge in [-0.2, -0.15) is 0 Å². The van der Waals surface area contributed by atoms with Crippen molar-refractivity contribution in [1.82, 2.24) is 15.3 Å². The van der Waals surface area contributed by atoms with Gasteiger partial charge in [-0.25, -0.2) is 9.97 Å². The average molecular weight is 249 g/mol. The van der Waals surface area contributed by atoms with Crippen molar-refractivity contribution in [2.45, 2.75) is 25.9 Å². The van der Waals surface area contributed by atoms with Crippen LogP contribution in [0.5, 0.6) is 5.88 Å². The summed E-state index contributed by atoms with van der Waals surface area (Å²) in [6.45, 7) is 4.14. The average Bonchev–Trinajstić information content (AvgIpc) is 2.72. The highest BCUT2D eigenvalue weighted by Crippen LogP contribution is 2.30. The van der Waals surface area contributed by atoms with Gasteiger partial charge in [-0.3, -0.25) is 0 Å². The molecule has 0 aromatic carbocycles. The van der Waals surface area contributed by atoms with Crippen molar-refractivity contribution in [3.8, 4) is 5.88 Å². The molecule has 0 aliphatic carbocycles. The molecule has 2 aromatic rings. The van der Waals surface area contributed by atoms with Gasteiger partial charge in [-0.1, -0.05) is 0 Å². The topological polar surface area (TPSA) is 47.0 Å². The second-order valence-electron chi connectivity index (χ2n) is 4.32. The number of aromatic nitrogens is 2. The molecule has 3 rings (SSSR count). The summed E-state index contributed by atoms with van der Waals surface area (Å²) in [4.78, 5) is 10.8. The molecule has 4 nitrogen and oxygen atoms in total. The summed E-state index contributed by atoms with van der Waals surface area (Å²) >= 11 is 1.68. The molecular formula is C12H15N3OS. The summed E-state index contributed by atoms with van der Waals surface area (Å²) in [5.74, 6) is 0.742. The van der Waals surface area contributed by atoms with Crippen LogP contribution in [0.25, 0.3) is 10.2 Å². The third kappa shape index (κ3) is 2.25. The first-order valence-electron chi connectivity index (χ1n) is 5.91. The Morgan fingerprint density at radius 2 is 2.18 bits per heavy atom. The lowest BCUT2D eigenvalue weighted by Gasteiger charge is -2.23. The van der Waals surface area contributed by atoms with E-state index in [1.165, 1.54) is 4.88 Å². The molecule has 0 spiro atoms. The van der Waals surface area contributed by atoms with Crippen molar-refractivity contribution >= 4 is 21.6 Å². The summed E-state index contributed by atoms with van der Waals surface area (Å²) in [5, 5.41) is 4.38. The van der Waals surface area contributed by atoms with Gasteiger partial charge in [0.25, 0.3) is 0 Å². The zero-order valence-electron chi connectivity index (χ0n) is 9.77. The monoisotopic (exact) mass is 249 g/mol. The molecule has 1 aliphatic heterocycles. The van der Waals surface area contributed by atoms with E-state index in [9.17, 15) is 0 Å². The lowest BCUT2D eigenvalue weighted by Crippen LogP contribution is -2.34. The highest BCUT2D eigenvalue weighted by atomic mass is 32.1. The zero-order chi connectivity index (χ0) is 11.7. The van der Waals surface area contributed by atoms with Crippen LogP contribution in [0.4, 0.5) is 0 Å². The Bertz CT molecular complexity index is 519. The van der Waals surface area contributed by atoms with Gasteiger partial charge in [0, 0.05) is 4.88 Å². The maximum Gasteiger partial charge on any atom is 0.225 e. The molecule has 0 amide bonds. The largest absolute Gasteiger partial charge is 0.474 e. The molecule has 1 aliphatic rings. The van der Waals surface area contributed by atoms with Crippen molar-refractivity contribution in [3.63, 3.8) is 0 Å². The van der Waals surface area contributed by atoms with Gasteiger partial charge in [-0.05, 0) is 38.9 Å². The van der Waals surface area contributed by atoms with Crippen LogP contribution in [0.15, 0.2) is 12.4 Å². The molecule has 0 radical (unpaired) electrons. The quantitative estimate of drug-likeness (QED) is 0.885. The Kier molecular flexibility index (Phi) is 2.94. The van der Waals surface area contributed by atoms with Gasteiger partial charge < -0.3 is 10.1 Å². The van der Waals surface area contributed by atoms with Crippen LogP contribution in [-0.2, 0) is 0 Å². The molecule has 1 fully saturated rings. The van der Waals surface area contributed by atoms with Crippen LogP contribution in [0.1, 0.15) is 17.7 Å². The number of aryl methyl sites for hydroxylation is 1.